The van der Waals surface area contributed by atoms with Crippen LogP contribution in [-0.2, 0) is 29.4 Å². The van der Waals surface area contributed by atoms with Gasteiger partial charge in [0.2, 0.25) is 20.1 Å². The number of amides is 2. The summed E-state index contributed by atoms with van der Waals surface area (Å²) in [5.41, 5.74) is 2.08. The monoisotopic (exact) mass is 594 g/mol. The Kier molecular flexibility index (Phi) is 9.67. The van der Waals surface area contributed by atoms with E-state index < -0.39 is 37.8 Å². The van der Waals surface area contributed by atoms with Gasteiger partial charge in [-0.25, -0.2) is 4.79 Å². The fraction of sp³-hybridized carbons (Fsp3) is 0.300. The first-order chi connectivity index (χ1) is 19.0. The van der Waals surface area contributed by atoms with Gasteiger partial charge in [-0.2, -0.15) is 0 Å². The molecule has 1 fully saturated rings. The predicted molar refractivity (Wildman–Crippen MR) is 162 cm³/mol. The van der Waals surface area contributed by atoms with Crippen LogP contribution in [0.4, 0.5) is 0 Å². The first-order valence-electron chi connectivity index (χ1n) is 13.0. The number of hydrogen-bond acceptors (Lipinski definition) is 7. The van der Waals surface area contributed by atoms with Crippen molar-refractivity contribution in [2.24, 2.45) is 0 Å². The second-order valence-electron chi connectivity index (χ2n) is 10.6. The number of rotatable bonds is 12. The average Bonchev–Trinajstić information content (AvgIpc) is 3.43. The van der Waals surface area contributed by atoms with Gasteiger partial charge in [0.15, 0.2) is 12.1 Å². The molecule has 2 heterocycles. The Hall–Kier alpha value is -3.18. The lowest BCUT2D eigenvalue weighted by molar-refractivity contribution is -0.165. The molecule has 1 aliphatic rings. The lowest BCUT2D eigenvalue weighted by atomic mass is 9.98. The van der Waals surface area contributed by atoms with Crippen LogP contribution in [0.1, 0.15) is 29.0 Å². The highest BCUT2D eigenvalue weighted by atomic mass is 32.2. The van der Waals surface area contributed by atoms with E-state index in [9.17, 15) is 14.4 Å². The molecule has 10 heteroatoms. The van der Waals surface area contributed by atoms with Crippen LogP contribution in [0.2, 0.25) is 19.6 Å². The van der Waals surface area contributed by atoms with Crippen LogP contribution in [-0.4, -0.2) is 48.5 Å². The molecular formula is C30H34N2O5S2Si. The maximum Gasteiger partial charge on any atom is 0.334 e. The minimum atomic E-state index is -2.00. The van der Waals surface area contributed by atoms with Crippen LogP contribution in [0.3, 0.4) is 0 Å². The second kappa shape index (κ2) is 13.0. The van der Waals surface area contributed by atoms with E-state index in [1.807, 2.05) is 97.8 Å². The zero-order chi connectivity index (χ0) is 28.9. The Labute approximate surface area is 244 Å². The van der Waals surface area contributed by atoms with Gasteiger partial charge < -0.3 is 18.8 Å². The summed E-state index contributed by atoms with van der Waals surface area (Å²) < 4.78 is 12.2. The van der Waals surface area contributed by atoms with E-state index in [0.29, 0.717) is 5.57 Å². The van der Waals surface area contributed by atoms with Gasteiger partial charge >= 0.3 is 5.97 Å². The van der Waals surface area contributed by atoms with Crippen molar-refractivity contribution in [2.75, 3.05) is 0 Å². The van der Waals surface area contributed by atoms with Gasteiger partial charge in [-0.3, -0.25) is 9.59 Å². The highest BCUT2D eigenvalue weighted by molar-refractivity contribution is 7.96. The number of carbonyl (C=O) groups is 3. The molecule has 0 radical (unpaired) electrons. The summed E-state index contributed by atoms with van der Waals surface area (Å²) in [5, 5.41) is 4.14. The molecule has 7 nitrogen and oxygen atoms in total. The van der Waals surface area contributed by atoms with Gasteiger partial charge in [0.05, 0.1) is 6.42 Å². The standard InChI is InChI=1S/C30H34N2O5S2Si/c1-20(2)26(30(35)36-27(21-13-8-6-9-14-21)22-15-10-7-11-16-22)32-28(34)25(29(32)39-37-40(3,4)5)31-24(33)19-23-17-12-18-38-23/h6-18,25-27,29H,1,19H2,2-5H3,(H,31,33). The molecule has 1 aliphatic heterocycles. The van der Waals surface area contributed by atoms with Crippen LogP contribution in [0, 0.1) is 0 Å². The highest BCUT2D eigenvalue weighted by Gasteiger charge is 2.55. The molecule has 1 aromatic heterocycles. The number of benzene rings is 2. The summed E-state index contributed by atoms with van der Waals surface area (Å²) in [6, 6.07) is 20.8. The first kappa shape index (κ1) is 29.8. The van der Waals surface area contributed by atoms with Gasteiger partial charge in [0.1, 0.15) is 11.4 Å². The van der Waals surface area contributed by atoms with Gasteiger partial charge in [0, 0.05) is 16.9 Å². The summed E-state index contributed by atoms with van der Waals surface area (Å²) in [4.78, 5) is 42.4. The van der Waals surface area contributed by atoms with E-state index in [1.54, 1.807) is 6.92 Å². The number of hydrogen-bond donors (Lipinski definition) is 1. The summed E-state index contributed by atoms with van der Waals surface area (Å²) in [6.45, 7) is 11.8. The largest absolute Gasteiger partial charge is 0.451 e. The summed E-state index contributed by atoms with van der Waals surface area (Å²) in [7, 11) is -2.00. The summed E-state index contributed by atoms with van der Waals surface area (Å²) in [5.74, 6) is -1.24. The lowest BCUT2D eigenvalue weighted by Crippen LogP contribution is -2.73. The number of likely N-dealkylation sites (tertiary alicyclic amines) is 1. The Balaban J connectivity index is 1.57. The minimum Gasteiger partial charge on any atom is -0.451 e. The van der Waals surface area contributed by atoms with Crippen LogP contribution >= 0.6 is 23.4 Å². The number of ether oxygens (including phenoxy) is 1. The van der Waals surface area contributed by atoms with Crippen LogP contribution in [0.5, 0.6) is 0 Å². The van der Waals surface area contributed by atoms with Crippen molar-refractivity contribution in [2.45, 2.75) is 56.5 Å². The predicted octanol–water partition coefficient (Wildman–Crippen LogP) is 5.72. The van der Waals surface area contributed by atoms with Crippen LogP contribution < -0.4 is 5.32 Å². The third-order valence-electron chi connectivity index (χ3n) is 6.11. The smallest absolute Gasteiger partial charge is 0.334 e. The van der Waals surface area contributed by atoms with Gasteiger partial charge in [-0.05, 0) is 54.7 Å². The molecule has 4 rings (SSSR count). The molecule has 210 valence electrons. The summed E-state index contributed by atoms with van der Waals surface area (Å²) in [6.07, 6.45) is -0.492. The zero-order valence-corrected chi connectivity index (χ0v) is 25.7. The fourth-order valence-corrected chi connectivity index (χ4v) is 7.17. The maximum atomic E-state index is 13.8. The second-order valence-corrected chi connectivity index (χ2v) is 17.2. The SMILES string of the molecule is C=C(C)C(C(=O)OC(c1ccccc1)c1ccccc1)N1C(=O)C(NC(=O)Cc2cccs2)C1SO[Si](C)(C)C. The molecule has 1 saturated heterocycles. The molecule has 40 heavy (non-hydrogen) atoms. The molecule has 0 aliphatic carbocycles. The minimum absolute atomic E-state index is 0.176. The van der Waals surface area contributed by atoms with Crippen LogP contribution in [0.25, 0.3) is 0 Å². The first-order valence-corrected chi connectivity index (χ1v) is 18.1. The molecule has 3 aromatic rings. The lowest BCUT2D eigenvalue weighted by Gasteiger charge is -2.49. The van der Waals surface area contributed by atoms with E-state index in [-0.39, 0.29) is 18.2 Å². The fourth-order valence-electron chi connectivity index (χ4n) is 4.30. The van der Waals surface area contributed by atoms with Gasteiger partial charge in [0.25, 0.3) is 0 Å². The Morgan fingerprint density at radius 2 is 1.62 bits per heavy atom. The average molecular weight is 595 g/mol. The molecule has 2 amide bonds. The Bertz CT molecular complexity index is 1290. The third kappa shape index (κ3) is 7.31. The molecule has 3 atom stereocenters. The van der Waals surface area contributed by atoms with E-state index in [1.165, 1.54) is 16.2 Å². The van der Waals surface area contributed by atoms with Crippen molar-refractivity contribution in [1.82, 2.24) is 10.2 Å². The van der Waals surface area contributed by atoms with Crippen LogP contribution in [0.15, 0.2) is 90.3 Å². The molecular weight excluding hydrogens is 561 g/mol. The van der Waals surface area contributed by atoms with E-state index >= 15 is 0 Å². The number of nitrogens with one attached hydrogen (secondary N) is 1. The number of thiophene rings is 1. The van der Waals surface area contributed by atoms with Crippen molar-refractivity contribution < 1.29 is 23.0 Å². The van der Waals surface area contributed by atoms with Crippen molar-refractivity contribution in [3.8, 4) is 0 Å². The van der Waals surface area contributed by atoms with E-state index in [2.05, 4.69) is 11.9 Å². The normalized spacial score (nSPS) is 17.7. The molecule has 0 bridgehead atoms. The Morgan fingerprint density at radius 1 is 1.02 bits per heavy atom. The number of nitrogens with zero attached hydrogens (tertiary/aromatic N) is 1. The zero-order valence-electron chi connectivity index (χ0n) is 23.0. The Morgan fingerprint density at radius 3 is 2.12 bits per heavy atom. The number of carbonyl (C=O) groups excluding carboxylic acids is 3. The third-order valence-corrected chi connectivity index (χ3v) is 10.1. The van der Waals surface area contributed by atoms with Crippen molar-refractivity contribution >= 4 is 49.5 Å². The molecule has 0 saturated carbocycles. The summed E-state index contributed by atoms with van der Waals surface area (Å²) >= 11 is 2.60. The van der Waals surface area contributed by atoms with Gasteiger partial charge in [-0.15, -0.1) is 11.3 Å². The maximum absolute atomic E-state index is 13.8. The topological polar surface area (TPSA) is 84.9 Å². The van der Waals surface area contributed by atoms with E-state index in [4.69, 9.17) is 8.61 Å². The molecule has 0 spiro atoms. The highest BCUT2D eigenvalue weighted by Crippen LogP contribution is 2.37. The van der Waals surface area contributed by atoms with E-state index in [0.717, 1.165) is 28.0 Å². The van der Waals surface area contributed by atoms with Gasteiger partial charge in [-0.1, -0.05) is 73.3 Å². The van der Waals surface area contributed by atoms with Crippen molar-refractivity contribution in [3.05, 3.63) is 106 Å². The molecule has 2 aromatic carbocycles. The number of esters is 1. The van der Waals surface area contributed by atoms with Crippen molar-refractivity contribution in [1.29, 1.82) is 0 Å². The van der Waals surface area contributed by atoms with Crippen molar-refractivity contribution in [3.63, 3.8) is 0 Å². The molecule has 1 N–H and O–H groups in total. The quantitative estimate of drug-likeness (QED) is 0.0949. The number of β-lactam (4-membered cyclic amide) rings is 1. The molecule has 3 unspecified atom stereocenters.